The molecule has 2 N–H and O–H groups in total. The van der Waals surface area contributed by atoms with Crippen molar-refractivity contribution >= 4 is 23.0 Å². The quantitative estimate of drug-likeness (QED) is 0.495. The van der Waals surface area contributed by atoms with Gasteiger partial charge in [0.25, 0.3) is 0 Å². The predicted molar refractivity (Wildman–Crippen MR) is 98.5 cm³/mol. The van der Waals surface area contributed by atoms with Gasteiger partial charge >= 0.3 is 0 Å². The Morgan fingerprint density at radius 2 is 2.25 bits per heavy atom. The Morgan fingerprint density at radius 3 is 2.92 bits per heavy atom. The van der Waals surface area contributed by atoms with Gasteiger partial charge in [0.15, 0.2) is 5.11 Å². The molecule has 0 aliphatic carbocycles. The first-order valence-corrected chi connectivity index (χ1v) is 8.42. The van der Waals surface area contributed by atoms with E-state index >= 15 is 0 Å². The van der Waals surface area contributed by atoms with Gasteiger partial charge in [-0.05, 0) is 49.7 Å². The number of imidazole rings is 1. The molecule has 126 valence electrons. The first-order chi connectivity index (χ1) is 11.7. The van der Waals surface area contributed by atoms with Crippen LogP contribution in [0.25, 0.3) is 5.69 Å². The summed E-state index contributed by atoms with van der Waals surface area (Å²) in [5.74, 6) is 0. The summed E-state index contributed by atoms with van der Waals surface area (Å²) in [6.07, 6.45) is 7.91. The normalized spacial score (nSPS) is 17.7. The average Bonchev–Trinajstić information content (AvgIpc) is 3.31. The van der Waals surface area contributed by atoms with Crippen molar-refractivity contribution in [3.63, 3.8) is 0 Å². The average molecular weight is 343 g/mol. The highest BCUT2D eigenvalue weighted by molar-refractivity contribution is 7.80. The molecule has 1 aliphatic rings. The van der Waals surface area contributed by atoms with Gasteiger partial charge in [-0.25, -0.2) is 4.98 Å². The number of ether oxygens (including phenoxy) is 1. The van der Waals surface area contributed by atoms with Crippen LogP contribution in [0.1, 0.15) is 25.3 Å². The first kappa shape index (κ1) is 16.6. The van der Waals surface area contributed by atoms with Gasteiger partial charge in [-0.1, -0.05) is 12.1 Å². The van der Waals surface area contributed by atoms with Gasteiger partial charge < -0.3 is 14.6 Å². The summed E-state index contributed by atoms with van der Waals surface area (Å²) in [4.78, 5) is 4.05. The number of hydrogen-bond donors (Lipinski definition) is 2. The van der Waals surface area contributed by atoms with Gasteiger partial charge in [-0.15, -0.1) is 0 Å². The lowest BCUT2D eigenvalue weighted by Crippen LogP contribution is -2.37. The van der Waals surface area contributed by atoms with Gasteiger partial charge in [0.05, 0.1) is 18.1 Å². The Morgan fingerprint density at radius 1 is 1.42 bits per heavy atom. The van der Waals surface area contributed by atoms with Crippen LogP contribution in [0.15, 0.2) is 48.1 Å². The number of hydrogen-bond acceptors (Lipinski definition) is 4. The molecule has 2 heterocycles. The second-order valence-corrected chi connectivity index (χ2v) is 6.08. The fraction of sp³-hybridized carbons (Fsp3) is 0.353. The summed E-state index contributed by atoms with van der Waals surface area (Å²) in [5.41, 5.74) is 5.85. The van der Waals surface area contributed by atoms with Crippen molar-refractivity contribution < 1.29 is 4.74 Å². The van der Waals surface area contributed by atoms with E-state index in [4.69, 9.17) is 17.0 Å². The number of benzene rings is 1. The van der Waals surface area contributed by atoms with Gasteiger partial charge in [-0.2, -0.15) is 5.10 Å². The predicted octanol–water partition coefficient (Wildman–Crippen LogP) is 2.24. The van der Waals surface area contributed by atoms with Crippen molar-refractivity contribution in [1.82, 2.24) is 20.3 Å². The smallest absolute Gasteiger partial charge is 0.187 e. The topological polar surface area (TPSA) is 63.5 Å². The third-order valence-electron chi connectivity index (χ3n) is 3.93. The van der Waals surface area contributed by atoms with E-state index in [1.54, 1.807) is 12.5 Å². The molecule has 1 aliphatic heterocycles. The Bertz CT molecular complexity index is 690. The summed E-state index contributed by atoms with van der Waals surface area (Å²) in [6, 6.07) is 8.12. The van der Waals surface area contributed by atoms with Crippen molar-refractivity contribution in [3.8, 4) is 5.69 Å². The Balaban J connectivity index is 1.52. The second kappa shape index (κ2) is 8.03. The summed E-state index contributed by atoms with van der Waals surface area (Å²) >= 11 is 5.24. The molecular formula is C17H21N5OS. The monoisotopic (exact) mass is 343 g/mol. The van der Waals surface area contributed by atoms with Crippen molar-refractivity contribution in [1.29, 1.82) is 0 Å². The first-order valence-electron chi connectivity index (χ1n) is 8.01. The van der Waals surface area contributed by atoms with Gasteiger partial charge in [0, 0.05) is 31.2 Å². The van der Waals surface area contributed by atoms with Crippen LogP contribution in [0.5, 0.6) is 0 Å². The number of nitrogens with one attached hydrogen (secondary N) is 2. The maximum Gasteiger partial charge on any atom is 0.187 e. The lowest BCUT2D eigenvalue weighted by Gasteiger charge is -2.12. The fourth-order valence-electron chi connectivity index (χ4n) is 2.54. The molecule has 0 bridgehead atoms. The molecule has 6 nitrogen and oxygen atoms in total. The number of hydrazone groups is 1. The molecule has 0 amide bonds. The minimum absolute atomic E-state index is 0.255. The highest BCUT2D eigenvalue weighted by Crippen LogP contribution is 2.11. The summed E-state index contributed by atoms with van der Waals surface area (Å²) in [5, 5.41) is 7.99. The van der Waals surface area contributed by atoms with Crippen LogP contribution >= 0.6 is 12.2 Å². The van der Waals surface area contributed by atoms with Gasteiger partial charge in [0.1, 0.15) is 0 Å². The van der Waals surface area contributed by atoms with Crippen LogP contribution in [0.2, 0.25) is 0 Å². The zero-order valence-corrected chi connectivity index (χ0v) is 14.4. The molecule has 0 spiro atoms. The molecular weight excluding hydrogens is 322 g/mol. The van der Waals surface area contributed by atoms with E-state index < -0.39 is 0 Å². The molecule has 1 aromatic carbocycles. The molecule has 24 heavy (non-hydrogen) atoms. The molecule has 7 heteroatoms. The molecule has 3 rings (SSSR count). The maximum atomic E-state index is 5.55. The summed E-state index contributed by atoms with van der Waals surface area (Å²) in [7, 11) is 0. The van der Waals surface area contributed by atoms with Crippen LogP contribution in [0, 0.1) is 0 Å². The van der Waals surface area contributed by atoms with E-state index in [0.29, 0.717) is 5.11 Å². The SMILES string of the molecule is C/C(=N/NC(=S)NCC1CCCO1)c1ccc(-n2ccnc2)cc1. The number of thiocarbonyl (C=S) groups is 1. The van der Waals surface area contributed by atoms with Crippen LogP contribution in [0.4, 0.5) is 0 Å². The summed E-state index contributed by atoms with van der Waals surface area (Å²) < 4.78 is 7.50. The molecule has 1 atom stereocenters. The minimum atomic E-state index is 0.255. The maximum absolute atomic E-state index is 5.55. The van der Waals surface area contributed by atoms with Crippen molar-refractivity contribution in [2.24, 2.45) is 5.10 Å². The molecule has 1 aromatic heterocycles. The highest BCUT2D eigenvalue weighted by atomic mass is 32.1. The van der Waals surface area contributed by atoms with Gasteiger partial charge in [0.2, 0.25) is 0 Å². The van der Waals surface area contributed by atoms with Crippen molar-refractivity contribution in [2.45, 2.75) is 25.9 Å². The zero-order chi connectivity index (χ0) is 16.8. The summed E-state index contributed by atoms with van der Waals surface area (Å²) in [6.45, 7) is 3.51. The van der Waals surface area contributed by atoms with E-state index in [1.165, 1.54) is 0 Å². The molecule has 1 fully saturated rings. The standard InChI is InChI=1S/C17H21N5OS/c1-13(20-21-17(24)19-11-16-3-2-10-23-16)14-4-6-15(7-5-14)22-9-8-18-12-22/h4-9,12,16H,2-3,10-11H2,1H3,(H2,19,21,24)/b20-13-. The van der Waals surface area contributed by atoms with Crippen LogP contribution in [-0.2, 0) is 4.74 Å². The van der Waals surface area contributed by atoms with E-state index in [-0.39, 0.29) is 6.10 Å². The second-order valence-electron chi connectivity index (χ2n) is 5.67. The third-order valence-corrected chi connectivity index (χ3v) is 4.16. The van der Waals surface area contributed by atoms with Crippen molar-refractivity contribution in [3.05, 3.63) is 48.5 Å². The minimum Gasteiger partial charge on any atom is -0.376 e. The van der Waals surface area contributed by atoms with E-state index in [9.17, 15) is 0 Å². The van der Waals surface area contributed by atoms with E-state index in [2.05, 4.69) is 20.8 Å². The van der Waals surface area contributed by atoms with E-state index in [0.717, 1.165) is 43.0 Å². The Labute approximate surface area is 146 Å². The van der Waals surface area contributed by atoms with Gasteiger partial charge in [-0.3, -0.25) is 5.43 Å². The lowest BCUT2D eigenvalue weighted by atomic mass is 10.1. The van der Waals surface area contributed by atoms with Crippen molar-refractivity contribution in [2.75, 3.05) is 13.2 Å². The number of nitrogens with zero attached hydrogens (tertiary/aromatic N) is 3. The Kier molecular flexibility index (Phi) is 5.55. The van der Waals surface area contributed by atoms with E-state index in [1.807, 2.05) is 42.0 Å². The highest BCUT2D eigenvalue weighted by Gasteiger charge is 2.15. The van der Waals surface area contributed by atoms with Crippen LogP contribution < -0.4 is 10.7 Å². The lowest BCUT2D eigenvalue weighted by molar-refractivity contribution is 0.114. The fourth-order valence-corrected chi connectivity index (χ4v) is 2.67. The van der Waals surface area contributed by atoms with Crippen LogP contribution in [0.3, 0.4) is 0 Å². The number of rotatable bonds is 5. The molecule has 1 unspecified atom stereocenters. The molecule has 2 aromatic rings. The largest absolute Gasteiger partial charge is 0.376 e. The zero-order valence-electron chi connectivity index (χ0n) is 13.6. The third kappa shape index (κ3) is 4.39. The molecule has 0 saturated carbocycles. The van der Waals surface area contributed by atoms with Crippen LogP contribution in [-0.4, -0.2) is 39.6 Å². The molecule has 1 saturated heterocycles. The Hall–Kier alpha value is -2.25. The molecule has 0 radical (unpaired) electrons. The number of aromatic nitrogens is 2.